The molecule has 100 valence electrons. The van der Waals surface area contributed by atoms with E-state index in [1.54, 1.807) is 0 Å². The van der Waals surface area contributed by atoms with E-state index in [1.165, 1.54) is 32.4 Å². The maximum Gasteiger partial charge on any atom is 0.309 e. The molecule has 0 saturated heterocycles. The normalized spacial score (nSPS) is 11.1. The second-order valence-corrected chi connectivity index (χ2v) is 3.78. The third-order valence-corrected chi connectivity index (χ3v) is 2.35. The van der Waals surface area contributed by atoms with Gasteiger partial charge in [-0.15, -0.1) is 0 Å². The molecule has 1 rings (SSSR count). The Morgan fingerprint density at radius 1 is 1.33 bits per heavy atom. The Hall–Kier alpha value is -1.85. The molecule has 0 spiro atoms. The van der Waals surface area contributed by atoms with Crippen LogP contribution in [0.15, 0.2) is 18.2 Å². The van der Waals surface area contributed by atoms with Crippen LogP contribution in [0, 0.1) is 0 Å². The average Bonchev–Trinajstić information content (AvgIpc) is 2.27. The number of hydrogen-bond acceptors (Lipinski definition) is 3. The summed E-state index contributed by atoms with van der Waals surface area (Å²) in [5.41, 5.74) is 0.240. The van der Waals surface area contributed by atoms with Crippen molar-refractivity contribution in [3.8, 4) is 11.5 Å². The number of aliphatic carboxylic acids is 1. The molecular weight excluding hydrogens is 246 g/mol. The Morgan fingerprint density at radius 2 is 2.00 bits per heavy atom. The van der Waals surface area contributed by atoms with Gasteiger partial charge in [-0.3, -0.25) is 4.79 Å². The Balaban J connectivity index is 2.93. The molecule has 0 aliphatic heterocycles. The first-order valence-corrected chi connectivity index (χ1v) is 5.18. The highest BCUT2D eigenvalue weighted by atomic mass is 19.3. The molecule has 1 N–H and O–H groups in total. The zero-order chi connectivity index (χ0) is 13.8. The van der Waals surface area contributed by atoms with Gasteiger partial charge >= 0.3 is 5.97 Å². The van der Waals surface area contributed by atoms with E-state index in [1.807, 2.05) is 0 Å². The zero-order valence-electron chi connectivity index (χ0n) is 10.1. The molecule has 0 amide bonds. The monoisotopic (exact) mass is 260 g/mol. The Bertz CT molecular complexity index is 432. The van der Waals surface area contributed by atoms with Crippen molar-refractivity contribution in [2.24, 2.45) is 0 Å². The Morgan fingerprint density at radius 3 is 2.50 bits per heavy atom. The van der Waals surface area contributed by atoms with Crippen molar-refractivity contribution in [3.05, 3.63) is 23.8 Å². The molecule has 0 fully saturated rings. The van der Waals surface area contributed by atoms with Gasteiger partial charge in [0.2, 0.25) is 0 Å². The van der Waals surface area contributed by atoms with Crippen LogP contribution in [-0.4, -0.2) is 31.2 Å². The van der Waals surface area contributed by atoms with Gasteiger partial charge in [-0.2, -0.15) is 0 Å². The summed E-state index contributed by atoms with van der Waals surface area (Å²) in [7, 11) is 2.81. The first kappa shape index (κ1) is 14.2. The van der Waals surface area contributed by atoms with Crippen LogP contribution in [0.3, 0.4) is 0 Å². The van der Waals surface area contributed by atoms with Crippen molar-refractivity contribution in [2.75, 3.05) is 14.2 Å². The molecule has 1 aromatic rings. The van der Waals surface area contributed by atoms with E-state index in [9.17, 15) is 13.6 Å². The SMILES string of the molecule is COc1ccc(CC(F)(F)CC(=O)O)c(OC)c1. The summed E-state index contributed by atoms with van der Waals surface area (Å²) in [6, 6.07) is 4.44. The van der Waals surface area contributed by atoms with Gasteiger partial charge in [0.1, 0.15) is 17.9 Å². The van der Waals surface area contributed by atoms with Crippen molar-refractivity contribution in [1.29, 1.82) is 0 Å². The molecule has 0 radical (unpaired) electrons. The fourth-order valence-corrected chi connectivity index (χ4v) is 1.56. The molecule has 1 aromatic carbocycles. The van der Waals surface area contributed by atoms with E-state index in [-0.39, 0.29) is 11.3 Å². The molecule has 0 aromatic heterocycles. The van der Waals surface area contributed by atoms with Crippen molar-refractivity contribution in [1.82, 2.24) is 0 Å². The van der Waals surface area contributed by atoms with E-state index in [0.29, 0.717) is 5.75 Å². The molecule has 0 saturated carbocycles. The zero-order valence-corrected chi connectivity index (χ0v) is 10.1. The highest BCUT2D eigenvalue weighted by molar-refractivity contribution is 5.68. The molecule has 0 bridgehead atoms. The third kappa shape index (κ3) is 3.87. The minimum atomic E-state index is -3.31. The van der Waals surface area contributed by atoms with E-state index in [0.717, 1.165) is 0 Å². The fourth-order valence-electron chi connectivity index (χ4n) is 1.56. The summed E-state index contributed by atoms with van der Waals surface area (Å²) in [5.74, 6) is -4.11. The number of carbonyl (C=O) groups is 1. The minimum Gasteiger partial charge on any atom is -0.497 e. The molecule has 0 unspecified atom stereocenters. The van der Waals surface area contributed by atoms with Crippen LogP contribution in [0.4, 0.5) is 8.78 Å². The maximum atomic E-state index is 13.4. The highest BCUT2D eigenvalue weighted by Crippen LogP contribution is 2.31. The van der Waals surface area contributed by atoms with Gasteiger partial charge in [0.05, 0.1) is 14.2 Å². The number of alkyl halides is 2. The predicted octanol–water partition coefficient (Wildman–Crippen LogP) is 2.36. The summed E-state index contributed by atoms with van der Waals surface area (Å²) in [5, 5.41) is 8.40. The molecule has 0 aliphatic carbocycles. The smallest absolute Gasteiger partial charge is 0.309 e. The van der Waals surface area contributed by atoms with Crippen molar-refractivity contribution >= 4 is 5.97 Å². The van der Waals surface area contributed by atoms with Crippen LogP contribution < -0.4 is 9.47 Å². The van der Waals surface area contributed by atoms with Crippen LogP contribution in [0.2, 0.25) is 0 Å². The predicted molar refractivity (Wildman–Crippen MR) is 60.4 cm³/mol. The Labute approximate surface area is 103 Å². The van der Waals surface area contributed by atoms with Crippen LogP contribution in [-0.2, 0) is 11.2 Å². The van der Waals surface area contributed by atoms with Gasteiger partial charge < -0.3 is 14.6 Å². The van der Waals surface area contributed by atoms with Gasteiger partial charge in [0.15, 0.2) is 0 Å². The summed E-state index contributed by atoms with van der Waals surface area (Å²) in [6.07, 6.45) is -1.89. The first-order valence-electron chi connectivity index (χ1n) is 5.18. The molecule has 0 aliphatic rings. The summed E-state index contributed by atoms with van der Waals surface area (Å²) >= 11 is 0. The molecule has 0 heterocycles. The lowest BCUT2D eigenvalue weighted by Gasteiger charge is -2.16. The number of benzene rings is 1. The number of carboxylic acid groups (broad SMARTS) is 1. The van der Waals surface area contributed by atoms with Crippen LogP contribution in [0.5, 0.6) is 11.5 Å². The van der Waals surface area contributed by atoms with Gasteiger partial charge in [0, 0.05) is 18.1 Å². The van der Waals surface area contributed by atoms with Gasteiger partial charge in [-0.05, 0) is 6.07 Å². The lowest BCUT2D eigenvalue weighted by molar-refractivity contribution is -0.144. The Kier molecular flexibility index (Phi) is 4.47. The van der Waals surface area contributed by atoms with Crippen LogP contribution in [0.25, 0.3) is 0 Å². The quantitative estimate of drug-likeness (QED) is 0.853. The summed E-state index contributed by atoms with van der Waals surface area (Å²) < 4.78 is 36.7. The standard InChI is InChI=1S/C12H14F2O4/c1-17-9-4-3-8(10(5-9)18-2)6-12(13,14)7-11(15)16/h3-5H,6-7H2,1-2H3,(H,15,16). The number of halogens is 2. The number of methoxy groups -OCH3 is 2. The fraction of sp³-hybridized carbons (Fsp3) is 0.417. The second kappa shape index (κ2) is 5.66. The van der Waals surface area contributed by atoms with Crippen molar-refractivity contribution < 1.29 is 28.2 Å². The van der Waals surface area contributed by atoms with Gasteiger partial charge in [-0.1, -0.05) is 6.07 Å². The van der Waals surface area contributed by atoms with Gasteiger partial charge in [-0.25, -0.2) is 8.78 Å². The summed E-state index contributed by atoms with van der Waals surface area (Å²) in [6.45, 7) is 0. The number of ether oxygens (including phenoxy) is 2. The number of carboxylic acids is 1. The first-order chi connectivity index (χ1) is 8.38. The molecular formula is C12H14F2O4. The molecule has 6 heteroatoms. The number of rotatable bonds is 6. The van der Waals surface area contributed by atoms with Crippen molar-refractivity contribution in [3.63, 3.8) is 0 Å². The molecule has 18 heavy (non-hydrogen) atoms. The maximum absolute atomic E-state index is 13.4. The van der Waals surface area contributed by atoms with E-state index in [2.05, 4.69) is 0 Å². The van der Waals surface area contributed by atoms with Gasteiger partial charge in [0.25, 0.3) is 5.92 Å². The van der Waals surface area contributed by atoms with Crippen LogP contribution >= 0.6 is 0 Å². The molecule has 4 nitrogen and oxygen atoms in total. The topological polar surface area (TPSA) is 55.8 Å². The van der Waals surface area contributed by atoms with E-state index < -0.39 is 24.7 Å². The lowest BCUT2D eigenvalue weighted by Crippen LogP contribution is -2.24. The van der Waals surface area contributed by atoms with Crippen LogP contribution in [0.1, 0.15) is 12.0 Å². The number of hydrogen-bond donors (Lipinski definition) is 1. The highest BCUT2D eigenvalue weighted by Gasteiger charge is 2.33. The van der Waals surface area contributed by atoms with E-state index >= 15 is 0 Å². The van der Waals surface area contributed by atoms with Crippen molar-refractivity contribution in [2.45, 2.75) is 18.8 Å². The van der Waals surface area contributed by atoms with E-state index in [4.69, 9.17) is 14.6 Å². The molecule has 0 atom stereocenters. The lowest BCUT2D eigenvalue weighted by atomic mass is 10.0. The largest absolute Gasteiger partial charge is 0.497 e. The average molecular weight is 260 g/mol. The second-order valence-electron chi connectivity index (χ2n) is 3.78. The minimum absolute atomic E-state index is 0.240. The third-order valence-electron chi connectivity index (χ3n) is 2.35. The summed E-state index contributed by atoms with van der Waals surface area (Å²) in [4.78, 5) is 10.3.